The molecule has 1 amide bonds. The number of nitrogens with zero attached hydrogens (tertiary/aromatic N) is 3. The maximum atomic E-state index is 11.8. The first kappa shape index (κ1) is 14.8. The van der Waals surface area contributed by atoms with Crippen LogP contribution in [0.25, 0.3) is 5.82 Å². The van der Waals surface area contributed by atoms with Crippen LogP contribution in [0, 0.1) is 20.8 Å². The lowest BCUT2D eigenvalue weighted by Crippen LogP contribution is -2.17. The molecule has 0 bridgehead atoms. The number of carbonyl (C=O) groups excluding carboxylic acids is 1. The van der Waals surface area contributed by atoms with Gasteiger partial charge in [0.15, 0.2) is 5.82 Å². The van der Waals surface area contributed by atoms with Gasteiger partial charge in [0.2, 0.25) is 0 Å². The van der Waals surface area contributed by atoms with Crippen molar-refractivity contribution in [1.29, 1.82) is 0 Å². The minimum atomic E-state index is -0.285. The zero-order valence-electron chi connectivity index (χ0n) is 13.1. The maximum Gasteiger partial charge on any atom is 0.287 e. The summed E-state index contributed by atoms with van der Waals surface area (Å²) in [5, 5.41) is 8.04. The van der Waals surface area contributed by atoms with Crippen LogP contribution in [0.4, 0.5) is 0 Å². The molecule has 7 heteroatoms. The molecule has 0 saturated carbocycles. The molecule has 0 spiro atoms. The number of rotatable bonds is 4. The molecule has 0 aromatic carbocycles. The van der Waals surface area contributed by atoms with Gasteiger partial charge in [0.1, 0.15) is 11.5 Å². The Kier molecular flexibility index (Phi) is 3.84. The molecular weight excluding hydrogens is 294 g/mol. The largest absolute Gasteiger partial charge is 0.360 e. The average Bonchev–Trinajstić information content (AvgIpc) is 3.22. The quantitative estimate of drug-likeness (QED) is 0.573. The van der Waals surface area contributed by atoms with Crippen LogP contribution in [0.1, 0.15) is 33.2 Å². The van der Waals surface area contributed by atoms with Crippen LogP contribution in [-0.2, 0) is 0 Å². The van der Waals surface area contributed by atoms with Gasteiger partial charge in [0.25, 0.3) is 5.91 Å². The van der Waals surface area contributed by atoms with E-state index in [1.54, 1.807) is 24.5 Å². The first-order valence-electron chi connectivity index (χ1n) is 7.15. The molecule has 7 nitrogen and oxygen atoms in total. The summed E-state index contributed by atoms with van der Waals surface area (Å²) in [7, 11) is 0. The Balaban J connectivity index is 1.79. The topological polar surface area (TPSA) is 88.2 Å². The zero-order valence-corrected chi connectivity index (χ0v) is 13.1. The molecule has 0 saturated heterocycles. The standard InChI is InChI=1S/C16H17N5O2/c1-10-7-13(9-18-19-16(22)14-5-4-6-17-14)12(3)21(10)15-8-11(2)23-20-15/h4-9,17H,1-3H3,(H,19,22)/b18-9-. The predicted molar refractivity (Wildman–Crippen MR) is 85.9 cm³/mol. The summed E-state index contributed by atoms with van der Waals surface area (Å²) in [5.74, 6) is 1.20. The van der Waals surface area contributed by atoms with Gasteiger partial charge in [0, 0.05) is 29.2 Å². The lowest BCUT2D eigenvalue weighted by Gasteiger charge is -2.03. The number of carbonyl (C=O) groups is 1. The second-order valence-corrected chi connectivity index (χ2v) is 5.24. The van der Waals surface area contributed by atoms with Crippen molar-refractivity contribution in [2.75, 3.05) is 0 Å². The number of aryl methyl sites for hydroxylation is 2. The summed E-state index contributed by atoms with van der Waals surface area (Å²) in [4.78, 5) is 14.6. The normalized spacial score (nSPS) is 11.3. The summed E-state index contributed by atoms with van der Waals surface area (Å²) >= 11 is 0. The van der Waals surface area contributed by atoms with E-state index in [2.05, 4.69) is 20.7 Å². The van der Waals surface area contributed by atoms with Crippen LogP contribution in [0.5, 0.6) is 0 Å². The zero-order chi connectivity index (χ0) is 16.4. The maximum absolute atomic E-state index is 11.8. The molecule has 3 rings (SSSR count). The lowest BCUT2D eigenvalue weighted by atomic mass is 10.3. The molecular formula is C16H17N5O2. The fourth-order valence-corrected chi connectivity index (χ4v) is 2.42. The van der Waals surface area contributed by atoms with Gasteiger partial charge >= 0.3 is 0 Å². The molecule has 0 aliphatic heterocycles. The smallest absolute Gasteiger partial charge is 0.287 e. The number of aromatic amines is 1. The van der Waals surface area contributed by atoms with Gasteiger partial charge in [-0.2, -0.15) is 5.10 Å². The van der Waals surface area contributed by atoms with E-state index in [-0.39, 0.29) is 5.91 Å². The first-order chi connectivity index (χ1) is 11.1. The molecule has 3 aromatic heterocycles. The molecule has 0 unspecified atom stereocenters. The SMILES string of the molecule is Cc1cc(-n2c(C)cc(/C=N\NC(=O)c3ccc[nH]3)c2C)no1. The van der Waals surface area contributed by atoms with Crippen molar-refractivity contribution < 1.29 is 9.32 Å². The number of hydrazone groups is 1. The van der Waals surface area contributed by atoms with E-state index in [1.165, 1.54) is 0 Å². The van der Waals surface area contributed by atoms with E-state index in [0.717, 1.165) is 28.5 Å². The van der Waals surface area contributed by atoms with Crippen LogP contribution < -0.4 is 5.43 Å². The van der Waals surface area contributed by atoms with Crippen molar-refractivity contribution in [1.82, 2.24) is 20.1 Å². The fourth-order valence-electron chi connectivity index (χ4n) is 2.42. The monoisotopic (exact) mass is 311 g/mol. The Bertz CT molecular complexity index is 855. The summed E-state index contributed by atoms with van der Waals surface area (Å²) < 4.78 is 7.10. The van der Waals surface area contributed by atoms with Crippen LogP contribution >= 0.6 is 0 Å². The highest BCUT2D eigenvalue weighted by atomic mass is 16.5. The summed E-state index contributed by atoms with van der Waals surface area (Å²) in [6, 6.07) is 7.29. The third-order valence-corrected chi connectivity index (χ3v) is 3.53. The molecule has 3 aromatic rings. The summed E-state index contributed by atoms with van der Waals surface area (Å²) in [6.45, 7) is 5.79. The number of H-pyrrole nitrogens is 1. The highest BCUT2D eigenvalue weighted by Crippen LogP contribution is 2.19. The Morgan fingerprint density at radius 3 is 2.87 bits per heavy atom. The molecule has 23 heavy (non-hydrogen) atoms. The first-order valence-corrected chi connectivity index (χ1v) is 7.15. The molecule has 0 aliphatic rings. The molecule has 0 fully saturated rings. The highest BCUT2D eigenvalue weighted by molar-refractivity contribution is 5.93. The van der Waals surface area contributed by atoms with E-state index in [1.807, 2.05) is 37.5 Å². The Hall–Kier alpha value is -3.09. The Morgan fingerprint density at radius 1 is 1.39 bits per heavy atom. The van der Waals surface area contributed by atoms with Gasteiger partial charge in [-0.1, -0.05) is 5.16 Å². The summed E-state index contributed by atoms with van der Waals surface area (Å²) in [6.07, 6.45) is 3.30. The average molecular weight is 311 g/mol. The van der Waals surface area contributed by atoms with Gasteiger partial charge in [-0.05, 0) is 39.0 Å². The van der Waals surface area contributed by atoms with Gasteiger partial charge in [-0.25, -0.2) is 5.43 Å². The van der Waals surface area contributed by atoms with Crippen molar-refractivity contribution in [3.05, 3.63) is 58.9 Å². The number of hydrogen-bond donors (Lipinski definition) is 2. The van der Waals surface area contributed by atoms with Crippen molar-refractivity contribution >= 4 is 12.1 Å². The van der Waals surface area contributed by atoms with Crippen LogP contribution in [-0.4, -0.2) is 26.8 Å². The number of amides is 1. The second kappa shape index (κ2) is 5.96. The summed E-state index contributed by atoms with van der Waals surface area (Å²) in [5.41, 5.74) is 5.82. The van der Waals surface area contributed by atoms with Crippen LogP contribution in [0.3, 0.4) is 0 Å². The van der Waals surface area contributed by atoms with Gasteiger partial charge < -0.3 is 9.51 Å². The van der Waals surface area contributed by atoms with Gasteiger partial charge in [-0.15, -0.1) is 0 Å². The minimum absolute atomic E-state index is 0.285. The molecule has 118 valence electrons. The molecule has 2 N–H and O–H groups in total. The van der Waals surface area contributed by atoms with Crippen molar-refractivity contribution in [3.63, 3.8) is 0 Å². The van der Waals surface area contributed by atoms with Crippen molar-refractivity contribution in [3.8, 4) is 5.82 Å². The van der Waals surface area contributed by atoms with E-state index in [4.69, 9.17) is 4.52 Å². The van der Waals surface area contributed by atoms with Crippen LogP contribution in [0.2, 0.25) is 0 Å². The van der Waals surface area contributed by atoms with Crippen LogP contribution in [0.15, 0.2) is 40.1 Å². The van der Waals surface area contributed by atoms with Crippen molar-refractivity contribution in [2.45, 2.75) is 20.8 Å². The Morgan fingerprint density at radius 2 is 2.22 bits per heavy atom. The van der Waals surface area contributed by atoms with E-state index in [0.29, 0.717) is 5.69 Å². The number of nitrogens with one attached hydrogen (secondary N) is 2. The minimum Gasteiger partial charge on any atom is -0.360 e. The van der Waals surface area contributed by atoms with Crippen molar-refractivity contribution in [2.24, 2.45) is 5.10 Å². The molecule has 0 atom stereocenters. The fraction of sp³-hybridized carbons (Fsp3) is 0.188. The molecule has 3 heterocycles. The van der Waals surface area contributed by atoms with E-state index >= 15 is 0 Å². The predicted octanol–water partition coefficient (Wildman–Crippen LogP) is 2.48. The second-order valence-electron chi connectivity index (χ2n) is 5.24. The third kappa shape index (κ3) is 2.94. The number of hydrogen-bond acceptors (Lipinski definition) is 4. The third-order valence-electron chi connectivity index (χ3n) is 3.53. The molecule has 0 radical (unpaired) electrons. The highest BCUT2D eigenvalue weighted by Gasteiger charge is 2.12. The molecule has 0 aliphatic carbocycles. The lowest BCUT2D eigenvalue weighted by molar-refractivity contribution is 0.0951. The van der Waals surface area contributed by atoms with E-state index in [9.17, 15) is 4.79 Å². The van der Waals surface area contributed by atoms with E-state index < -0.39 is 0 Å². The Labute approximate surface area is 133 Å². The van der Waals surface area contributed by atoms with Gasteiger partial charge in [0.05, 0.1) is 6.21 Å². The number of aromatic nitrogens is 3. The van der Waals surface area contributed by atoms with Gasteiger partial charge in [-0.3, -0.25) is 9.36 Å².